The molecule has 2 fully saturated rings. The van der Waals surface area contributed by atoms with Gasteiger partial charge in [-0.25, -0.2) is 13.1 Å². The Balaban J connectivity index is 1.92. The molecule has 0 bridgehead atoms. The van der Waals surface area contributed by atoms with E-state index in [9.17, 15) is 13.2 Å². The molecule has 122 valence electrons. The molecule has 0 radical (unpaired) electrons. The topological polar surface area (TPSA) is 78.5 Å². The molecule has 0 aromatic carbocycles. The number of hydrogen-bond donors (Lipinski definition) is 2. The lowest BCUT2D eigenvalue weighted by atomic mass is 9.89. The summed E-state index contributed by atoms with van der Waals surface area (Å²) in [4.78, 5) is 14.4. The second kappa shape index (κ2) is 7.07. The van der Waals surface area contributed by atoms with Crippen molar-refractivity contribution in [3.63, 3.8) is 0 Å². The summed E-state index contributed by atoms with van der Waals surface area (Å²) in [5, 5.41) is 3.31. The third kappa shape index (κ3) is 4.93. The van der Waals surface area contributed by atoms with Gasteiger partial charge >= 0.3 is 0 Å². The van der Waals surface area contributed by atoms with E-state index < -0.39 is 10.0 Å². The van der Waals surface area contributed by atoms with Crippen LogP contribution < -0.4 is 10.0 Å². The van der Waals surface area contributed by atoms with Crippen molar-refractivity contribution in [2.45, 2.75) is 51.1 Å². The fraction of sp³-hybridized carbons (Fsp3) is 0.929. The van der Waals surface area contributed by atoms with Crippen LogP contribution in [0, 0.1) is 5.92 Å². The molecule has 0 aromatic rings. The molecule has 3 atom stereocenters. The van der Waals surface area contributed by atoms with Crippen LogP contribution in [0.3, 0.4) is 0 Å². The Kier molecular flexibility index (Phi) is 5.62. The third-order valence-corrected chi connectivity index (χ3v) is 5.26. The van der Waals surface area contributed by atoms with Gasteiger partial charge in [-0.1, -0.05) is 13.3 Å². The number of nitrogens with one attached hydrogen (secondary N) is 2. The van der Waals surface area contributed by atoms with Gasteiger partial charge < -0.3 is 10.2 Å². The summed E-state index contributed by atoms with van der Waals surface area (Å²) in [7, 11) is -3.21. The van der Waals surface area contributed by atoms with Crippen LogP contribution in [0.4, 0.5) is 0 Å². The van der Waals surface area contributed by atoms with Crippen LogP contribution in [0.5, 0.6) is 0 Å². The number of carbonyl (C=O) groups is 1. The van der Waals surface area contributed by atoms with Gasteiger partial charge in [0.05, 0.1) is 12.3 Å². The van der Waals surface area contributed by atoms with Crippen molar-refractivity contribution in [3.8, 4) is 0 Å². The summed E-state index contributed by atoms with van der Waals surface area (Å²) in [5.41, 5.74) is 0. The average Bonchev–Trinajstić information content (AvgIpc) is 2.45. The summed E-state index contributed by atoms with van der Waals surface area (Å²) >= 11 is 0. The van der Waals surface area contributed by atoms with Crippen LogP contribution in [0.2, 0.25) is 0 Å². The van der Waals surface area contributed by atoms with Gasteiger partial charge in [0.1, 0.15) is 0 Å². The Labute approximate surface area is 127 Å². The van der Waals surface area contributed by atoms with Crippen molar-refractivity contribution in [1.29, 1.82) is 0 Å². The van der Waals surface area contributed by atoms with E-state index in [0.29, 0.717) is 12.5 Å². The Morgan fingerprint density at radius 2 is 2.14 bits per heavy atom. The molecule has 2 rings (SSSR count). The molecule has 2 heterocycles. The molecule has 2 aliphatic heterocycles. The van der Waals surface area contributed by atoms with E-state index in [0.717, 1.165) is 45.2 Å². The fourth-order valence-corrected chi connectivity index (χ4v) is 4.15. The highest BCUT2D eigenvalue weighted by molar-refractivity contribution is 7.88. The van der Waals surface area contributed by atoms with Crippen LogP contribution in [0.25, 0.3) is 0 Å². The van der Waals surface area contributed by atoms with Crippen molar-refractivity contribution < 1.29 is 13.2 Å². The third-order valence-electron chi connectivity index (χ3n) is 4.50. The molecule has 3 unspecified atom stereocenters. The van der Waals surface area contributed by atoms with Gasteiger partial charge in [-0.15, -0.1) is 0 Å². The van der Waals surface area contributed by atoms with E-state index in [-0.39, 0.29) is 18.0 Å². The maximum Gasteiger partial charge on any atom is 0.239 e. The van der Waals surface area contributed by atoms with Gasteiger partial charge in [0.2, 0.25) is 15.9 Å². The lowest BCUT2D eigenvalue weighted by molar-refractivity contribution is -0.135. The number of carbonyl (C=O) groups excluding carboxylic acids is 1. The molecular formula is C14H27N3O3S. The smallest absolute Gasteiger partial charge is 0.239 e. The van der Waals surface area contributed by atoms with Gasteiger partial charge in [-0.3, -0.25) is 4.79 Å². The molecule has 1 amide bonds. The number of hydrogen-bond acceptors (Lipinski definition) is 4. The van der Waals surface area contributed by atoms with Crippen LogP contribution in [0.1, 0.15) is 39.0 Å². The molecule has 0 aromatic heterocycles. The minimum absolute atomic E-state index is 0.0966. The quantitative estimate of drug-likeness (QED) is 0.782. The highest BCUT2D eigenvalue weighted by Gasteiger charge is 2.32. The first-order valence-corrected chi connectivity index (χ1v) is 9.77. The molecule has 21 heavy (non-hydrogen) atoms. The van der Waals surface area contributed by atoms with E-state index in [1.54, 1.807) is 0 Å². The lowest BCUT2D eigenvalue weighted by Crippen LogP contribution is -2.55. The number of nitrogens with zero attached hydrogens (tertiary/aromatic N) is 1. The highest BCUT2D eigenvalue weighted by Crippen LogP contribution is 2.21. The van der Waals surface area contributed by atoms with Crippen LogP contribution >= 0.6 is 0 Å². The minimum atomic E-state index is -3.21. The van der Waals surface area contributed by atoms with Gasteiger partial charge in [-0.2, -0.15) is 0 Å². The molecule has 2 N–H and O–H groups in total. The molecule has 0 spiro atoms. The van der Waals surface area contributed by atoms with E-state index in [1.807, 2.05) is 4.90 Å². The van der Waals surface area contributed by atoms with Crippen LogP contribution in [-0.4, -0.2) is 57.2 Å². The number of sulfonamides is 1. The second-order valence-electron chi connectivity index (χ2n) is 6.32. The van der Waals surface area contributed by atoms with Gasteiger partial charge in [-0.05, 0) is 38.1 Å². The van der Waals surface area contributed by atoms with Gasteiger partial charge in [0, 0.05) is 19.1 Å². The van der Waals surface area contributed by atoms with Crippen molar-refractivity contribution >= 4 is 15.9 Å². The first kappa shape index (κ1) is 16.7. The SMILES string of the molecule is CCC1CCNC(C(=O)N2CCCC(NS(C)(=O)=O)C2)C1. The molecule has 2 aliphatic rings. The zero-order chi connectivity index (χ0) is 15.5. The first-order valence-electron chi connectivity index (χ1n) is 7.88. The Morgan fingerprint density at radius 1 is 1.38 bits per heavy atom. The normalized spacial score (nSPS) is 31.1. The number of amides is 1. The molecule has 0 aliphatic carbocycles. The monoisotopic (exact) mass is 317 g/mol. The van der Waals surface area contributed by atoms with E-state index in [2.05, 4.69) is 17.0 Å². The van der Waals surface area contributed by atoms with Gasteiger partial charge in [0.15, 0.2) is 0 Å². The van der Waals surface area contributed by atoms with Gasteiger partial charge in [0.25, 0.3) is 0 Å². The fourth-order valence-electron chi connectivity index (χ4n) is 3.35. The molecule has 7 heteroatoms. The zero-order valence-electron chi connectivity index (χ0n) is 13.0. The summed E-state index contributed by atoms with van der Waals surface area (Å²) in [5.74, 6) is 0.753. The van der Waals surface area contributed by atoms with E-state index in [1.165, 1.54) is 6.26 Å². The standard InChI is InChI=1S/C14H27N3O3S/c1-3-11-6-7-15-13(9-11)14(18)17-8-4-5-12(10-17)16-21(2,19)20/h11-13,15-16H,3-10H2,1-2H3. The maximum atomic E-state index is 12.6. The Morgan fingerprint density at radius 3 is 2.81 bits per heavy atom. The minimum Gasteiger partial charge on any atom is -0.340 e. The van der Waals surface area contributed by atoms with Crippen molar-refractivity contribution in [1.82, 2.24) is 14.9 Å². The summed E-state index contributed by atoms with van der Waals surface area (Å²) < 4.78 is 25.3. The molecule has 2 saturated heterocycles. The summed E-state index contributed by atoms with van der Waals surface area (Å²) in [6.07, 6.45) is 5.97. The molecular weight excluding hydrogens is 290 g/mol. The lowest BCUT2D eigenvalue weighted by Gasteiger charge is -2.37. The maximum absolute atomic E-state index is 12.6. The number of piperidine rings is 2. The van der Waals surface area contributed by atoms with Crippen molar-refractivity contribution in [2.75, 3.05) is 25.9 Å². The van der Waals surface area contributed by atoms with E-state index >= 15 is 0 Å². The summed E-state index contributed by atoms with van der Waals surface area (Å²) in [6.45, 7) is 4.29. The van der Waals surface area contributed by atoms with Crippen molar-refractivity contribution in [3.05, 3.63) is 0 Å². The first-order chi connectivity index (χ1) is 9.89. The Hall–Kier alpha value is -0.660. The van der Waals surface area contributed by atoms with Crippen molar-refractivity contribution in [2.24, 2.45) is 5.92 Å². The molecule has 0 saturated carbocycles. The highest BCUT2D eigenvalue weighted by atomic mass is 32.2. The Bertz CT molecular complexity index is 466. The zero-order valence-corrected chi connectivity index (χ0v) is 13.8. The predicted octanol–water partition coefficient (Wildman–Crippen LogP) is 0.305. The van der Waals surface area contributed by atoms with Crippen LogP contribution in [-0.2, 0) is 14.8 Å². The average molecular weight is 317 g/mol. The largest absolute Gasteiger partial charge is 0.340 e. The predicted molar refractivity (Wildman–Crippen MR) is 82.4 cm³/mol. The van der Waals surface area contributed by atoms with E-state index in [4.69, 9.17) is 0 Å². The van der Waals surface area contributed by atoms with Crippen LogP contribution in [0.15, 0.2) is 0 Å². The number of likely N-dealkylation sites (tertiary alicyclic amines) is 1. The second-order valence-corrected chi connectivity index (χ2v) is 8.10. The summed E-state index contributed by atoms with van der Waals surface area (Å²) in [6, 6.07) is -0.246. The number of rotatable bonds is 4. The molecule has 6 nitrogen and oxygen atoms in total.